The van der Waals surface area contributed by atoms with Crippen LogP contribution < -0.4 is 0 Å². The van der Waals surface area contributed by atoms with E-state index in [1.807, 2.05) is 0 Å². The van der Waals surface area contributed by atoms with Gasteiger partial charge in [-0.25, -0.2) is 0 Å². The van der Waals surface area contributed by atoms with Gasteiger partial charge in [0.05, 0.1) is 0 Å². The number of benzene rings is 2. The summed E-state index contributed by atoms with van der Waals surface area (Å²) in [4.78, 5) is 0. The predicted octanol–water partition coefficient (Wildman–Crippen LogP) is 7.33. The zero-order chi connectivity index (χ0) is 16.6. The molecule has 0 aliphatic heterocycles. The lowest BCUT2D eigenvalue weighted by atomic mass is 9.79. The Kier molecular flexibility index (Phi) is 5.00. The molecule has 0 spiro atoms. The first kappa shape index (κ1) is 17.1. The van der Waals surface area contributed by atoms with Crippen molar-refractivity contribution >= 4 is 10.8 Å². The van der Waals surface area contributed by atoms with E-state index in [2.05, 4.69) is 79.7 Å². The molecule has 0 saturated heterocycles. The first-order valence-electron chi connectivity index (χ1n) is 8.84. The molecule has 0 aromatic heterocycles. The molecule has 0 aliphatic rings. The van der Waals surface area contributed by atoms with Gasteiger partial charge in [0.25, 0.3) is 0 Å². The minimum atomic E-state index is 0.557. The van der Waals surface area contributed by atoms with Crippen molar-refractivity contribution in [1.82, 2.24) is 0 Å². The van der Waals surface area contributed by atoms with Gasteiger partial charge in [-0.05, 0) is 56.7 Å². The van der Waals surface area contributed by atoms with Crippen LogP contribution in [0.4, 0.5) is 0 Å². The van der Waals surface area contributed by atoms with Gasteiger partial charge >= 0.3 is 0 Å². The molecule has 0 bridgehead atoms. The molecule has 0 amide bonds. The quantitative estimate of drug-likeness (QED) is 0.554. The van der Waals surface area contributed by atoms with E-state index in [0.29, 0.717) is 23.7 Å². The van der Waals surface area contributed by atoms with E-state index in [9.17, 15) is 0 Å². The fourth-order valence-electron chi connectivity index (χ4n) is 3.65. The number of rotatable bonds is 4. The second kappa shape index (κ2) is 6.44. The third-order valence-corrected chi connectivity index (χ3v) is 4.74. The Morgan fingerprint density at radius 1 is 0.591 bits per heavy atom. The van der Waals surface area contributed by atoms with E-state index in [1.54, 1.807) is 5.56 Å². The molecule has 2 aromatic rings. The Balaban J connectivity index is 3.01. The summed E-state index contributed by atoms with van der Waals surface area (Å²) in [6, 6.07) is 9.41. The van der Waals surface area contributed by atoms with Crippen LogP contribution in [0.25, 0.3) is 10.8 Å². The van der Waals surface area contributed by atoms with Crippen molar-refractivity contribution in [1.29, 1.82) is 0 Å². The molecule has 2 aromatic carbocycles. The summed E-state index contributed by atoms with van der Waals surface area (Å²) in [5.41, 5.74) is 6.11. The van der Waals surface area contributed by atoms with Crippen molar-refractivity contribution < 1.29 is 0 Å². The third-order valence-electron chi connectivity index (χ3n) is 4.74. The second-order valence-corrected chi connectivity index (χ2v) is 7.86. The van der Waals surface area contributed by atoms with Gasteiger partial charge in [0.2, 0.25) is 0 Å². The predicted molar refractivity (Wildman–Crippen MR) is 100 cm³/mol. The van der Waals surface area contributed by atoms with E-state index in [0.717, 1.165) is 0 Å². The SMILES string of the molecule is CC(C)c1cc(C(C)C)c2c(C(C)C)cccc2c1C(C)C. The Hall–Kier alpha value is -1.30. The van der Waals surface area contributed by atoms with Crippen LogP contribution in [0.15, 0.2) is 24.3 Å². The van der Waals surface area contributed by atoms with Gasteiger partial charge in [-0.1, -0.05) is 79.7 Å². The van der Waals surface area contributed by atoms with Crippen molar-refractivity contribution in [2.24, 2.45) is 0 Å². The number of fused-ring (bicyclic) bond motifs is 1. The van der Waals surface area contributed by atoms with Crippen LogP contribution in [-0.2, 0) is 0 Å². The minimum Gasteiger partial charge on any atom is -0.0613 e. The highest BCUT2D eigenvalue weighted by Gasteiger charge is 2.20. The van der Waals surface area contributed by atoms with E-state index in [4.69, 9.17) is 0 Å². The number of hydrogen-bond donors (Lipinski definition) is 0. The van der Waals surface area contributed by atoms with Gasteiger partial charge in [0.1, 0.15) is 0 Å². The third kappa shape index (κ3) is 2.93. The number of hydrogen-bond acceptors (Lipinski definition) is 0. The Morgan fingerprint density at radius 3 is 1.59 bits per heavy atom. The van der Waals surface area contributed by atoms with E-state index >= 15 is 0 Å². The molecule has 0 atom stereocenters. The molecule has 22 heavy (non-hydrogen) atoms. The molecule has 0 saturated carbocycles. The van der Waals surface area contributed by atoms with Gasteiger partial charge in [0.15, 0.2) is 0 Å². The van der Waals surface area contributed by atoms with Crippen molar-refractivity contribution in [3.63, 3.8) is 0 Å². The van der Waals surface area contributed by atoms with Gasteiger partial charge < -0.3 is 0 Å². The molecular weight excluding hydrogens is 264 g/mol. The van der Waals surface area contributed by atoms with Crippen molar-refractivity contribution in [3.8, 4) is 0 Å². The molecule has 2 rings (SSSR count). The molecule has 120 valence electrons. The van der Waals surface area contributed by atoms with Crippen LogP contribution in [0.2, 0.25) is 0 Å². The average Bonchev–Trinajstić information content (AvgIpc) is 2.43. The summed E-state index contributed by atoms with van der Waals surface area (Å²) in [6.07, 6.45) is 0. The van der Waals surface area contributed by atoms with Crippen molar-refractivity contribution in [2.45, 2.75) is 79.1 Å². The lowest BCUT2D eigenvalue weighted by Crippen LogP contribution is -2.05. The molecule has 0 heteroatoms. The van der Waals surface area contributed by atoms with Crippen LogP contribution in [0.5, 0.6) is 0 Å². The van der Waals surface area contributed by atoms with Gasteiger partial charge in [0, 0.05) is 0 Å². The molecule has 0 nitrogen and oxygen atoms in total. The van der Waals surface area contributed by atoms with E-state index in [-0.39, 0.29) is 0 Å². The fraction of sp³-hybridized carbons (Fsp3) is 0.545. The molecule has 0 N–H and O–H groups in total. The molecule has 0 unspecified atom stereocenters. The zero-order valence-electron chi connectivity index (χ0n) is 15.6. The van der Waals surface area contributed by atoms with Gasteiger partial charge in [-0.2, -0.15) is 0 Å². The van der Waals surface area contributed by atoms with Gasteiger partial charge in [-0.15, -0.1) is 0 Å². The van der Waals surface area contributed by atoms with E-state index < -0.39 is 0 Å². The molecule has 0 heterocycles. The first-order chi connectivity index (χ1) is 10.3. The van der Waals surface area contributed by atoms with E-state index in [1.165, 1.54) is 27.5 Å². The Morgan fingerprint density at radius 2 is 1.14 bits per heavy atom. The maximum atomic E-state index is 2.50. The van der Waals surface area contributed by atoms with Crippen LogP contribution in [0.3, 0.4) is 0 Å². The monoisotopic (exact) mass is 296 g/mol. The summed E-state index contributed by atoms with van der Waals surface area (Å²) in [6.45, 7) is 18.6. The van der Waals surface area contributed by atoms with Crippen LogP contribution in [-0.4, -0.2) is 0 Å². The van der Waals surface area contributed by atoms with Gasteiger partial charge in [-0.3, -0.25) is 0 Å². The highest BCUT2D eigenvalue weighted by Crippen LogP contribution is 2.40. The Labute approximate surface area is 136 Å². The first-order valence-corrected chi connectivity index (χ1v) is 8.84. The summed E-state index contributed by atoms with van der Waals surface area (Å²) in [5, 5.41) is 3.00. The summed E-state index contributed by atoms with van der Waals surface area (Å²) < 4.78 is 0. The maximum absolute atomic E-state index is 2.50. The molecule has 0 aliphatic carbocycles. The van der Waals surface area contributed by atoms with Crippen LogP contribution >= 0.6 is 0 Å². The summed E-state index contributed by atoms with van der Waals surface area (Å²) in [7, 11) is 0. The maximum Gasteiger partial charge on any atom is -0.0112 e. The van der Waals surface area contributed by atoms with Crippen LogP contribution in [0, 0.1) is 0 Å². The summed E-state index contributed by atoms with van der Waals surface area (Å²) in [5.74, 6) is 2.25. The molecular formula is C22H32. The van der Waals surface area contributed by atoms with Crippen LogP contribution in [0.1, 0.15) is 101 Å². The standard InChI is InChI=1S/C22H32/c1-13(2)17-10-9-11-18-21(16(7)8)19(14(3)4)12-20(15(5)6)22(17)18/h9-16H,1-8H3. The molecule has 0 radical (unpaired) electrons. The Bertz CT molecular complexity index is 657. The molecule has 0 fully saturated rings. The minimum absolute atomic E-state index is 0.557. The normalized spacial score (nSPS) is 12.4. The highest BCUT2D eigenvalue weighted by atomic mass is 14.2. The smallest absolute Gasteiger partial charge is 0.0112 e. The average molecular weight is 296 g/mol. The van der Waals surface area contributed by atoms with Crippen molar-refractivity contribution in [3.05, 3.63) is 46.5 Å². The topological polar surface area (TPSA) is 0 Å². The van der Waals surface area contributed by atoms with Crippen molar-refractivity contribution in [2.75, 3.05) is 0 Å². The lowest BCUT2D eigenvalue weighted by Gasteiger charge is -2.25. The highest BCUT2D eigenvalue weighted by molar-refractivity contribution is 5.94. The zero-order valence-corrected chi connectivity index (χ0v) is 15.6. The summed E-state index contributed by atoms with van der Waals surface area (Å²) >= 11 is 0. The lowest BCUT2D eigenvalue weighted by molar-refractivity contribution is 0.786. The largest absolute Gasteiger partial charge is 0.0613 e. The second-order valence-electron chi connectivity index (χ2n) is 7.86. The fourth-order valence-corrected chi connectivity index (χ4v) is 3.65.